The van der Waals surface area contributed by atoms with Crippen molar-refractivity contribution in [3.8, 4) is 5.75 Å². The summed E-state index contributed by atoms with van der Waals surface area (Å²) in [7, 11) is 1.63. The van der Waals surface area contributed by atoms with Crippen molar-refractivity contribution < 1.29 is 9.53 Å². The molecule has 1 amide bonds. The average molecular weight is 350 g/mol. The second-order valence-electron chi connectivity index (χ2n) is 5.31. The first-order chi connectivity index (χ1) is 12.2. The molecule has 0 saturated heterocycles. The minimum absolute atomic E-state index is 0.291. The highest BCUT2D eigenvalue weighted by Gasteiger charge is 2.07. The molecule has 1 heterocycles. The van der Waals surface area contributed by atoms with Crippen molar-refractivity contribution in [3.05, 3.63) is 77.6 Å². The number of carbonyl (C=O) groups excluding carboxylic acids is 1. The van der Waals surface area contributed by atoms with Gasteiger partial charge in [-0.05, 0) is 29.8 Å². The van der Waals surface area contributed by atoms with Crippen molar-refractivity contribution in [2.24, 2.45) is 4.99 Å². The summed E-state index contributed by atoms with van der Waals surface area (Å²) in [5.74, 6) is 0.488. The molecule has 2 aromatic carbocycles. The van der Waals surface area contributed by atoms with Gasteiger partial charge in [-0.25, -0.2) is 0 Å². The van der Waals surface area contributed by atoms with Crippen LogP contribution in [0.3, 0.4) is 0 Å². The summed E-state index contributed by atoms with van der Waals surface area (Å²) in [6.45, 7) is 4.38. The van der Waals surface area contributed by atoms with Crippen LogP contribution in [0.15, 0.2) is 72.3 Å². The van der Waals surface area contributed by atoms with E-state index in [1.54, 1.807) is 19.3 Å². The van der Waals surface area contributed by atoms with Gasteiger partial charge >= 0.3 is 0 Å². The van der Waals surface area contributed by atoms with Gasteiger partial charge in [0.15, 0.2) is 4.80 Å². The number of nitrogens with zero attached hydrogens (tertiary/aromatic N) is 2. The van der Waals surface area contributed by atoms with Gasteiger partial charge in [-0.2, -0.15) is 4.99 Å². The van der Waals surface area contributed by atoms with Crippen LogP contribution in [0.25, 0.3) is 16.3 Å². The quantitative estimate of drug-likeness (QED) is 0.515. The van der Waals surface area contributed by atoms with Crippen LogP contribution in [0.1, 0.15) is 5.56 Å². The van der Waals surface area contributed by atoms with E-state index in [1.165, 1.54) is 17.4 Å². The van der Waals surface area contributed by atoms with Crippen LogP contribution in [-0.2, 0) is 11.3 Å². The Kier molecular flexibility index (Phi) is 5.26. The van der Waals surface area contributed by atoms with E-state index in [4.69, 9.17) is 4.74 Å². The maximum Gasteiger partial charge on any atom is 0.272 e. The third kappa shape index (κ3) is 3.95. The first-order valence-electron chi connectivity index (χ1n) is 7.81. The van der Waals surface area contributed by atoms with E-state index in [2.05, 4.69) is 11.6 Å². The molecular formula is C20H18N2O2S. The zero-order valence-electron chi connectivity index (χ0n) is 13.9. The fourth-order valence-electron chi connectivity index (χ4n) is 2.43. The molecule has 0 saturated carbocycles. The summed E-state index contributed by atoms with van der Waals surface area (Å²) in [6.07, 6.45) is 5.04. The third-order valence-corrected chi connectivity index (χ3v) is 4.67. The Balaban J connectivity index is 1.99. The predicted molar refractivity (Wildman–Crippen MR) is 103 cm³/mol. The molecule has 0 atom stereocenters. The van der Waals surface area contributed by atoms with E-state index < -0.39 is 0 Å². The number of allylic oxidation sites excluding steroid dienone is 1. The van der Waals surface area contributed by atoms with Gasteiger partial charge in [0.2, 0.25) is 0 Å². The summed E-state index contributed by atoms with van der Waals surface area (Å²) in [5, 5.41) is 0. The SMILES string of the molecule is C=CCn1c(=NC(=O)/C=C/c2ccccc2)sc2cc(OC)ccc21. The van der Waals surface area contributed by atoms with Crippen LogP contribution in [0, 0.1) is 0 Å². The van der Waals surface area contributed by atoms with Gasteiger partial charge in [0.25, 0.3) is 5.91 Å². The minimum Gasteiger partial charge on any atom is -0.497 e. The molecule has 3 rings (SSSR count). The van der Waals surface area contributed by atoms with Crippen LogP contribution < -0.4 is 9.54 Å². The molecule has 3 aromatic rings. The molecule has 0 unspecified atom stereocenters. The van der Waals surface area contributed by atoms with E-state index in [1.807, 2.05) is 53.1 Å². The normalized spacial score (nSPS) is 12.0. The van der Waals surface area contributed by atoms with Gasteiger partial charge in [0, 0.05) is 12.6 Å². The monoisotopic (exact) mass is 350 g/mol. The molecule has 0 spiro atoms. The highest BCUT2D eigenvalue weighted by atomic mass is 32.1. The largest absolute Gasteiger partial charge is 0.497 e. The Morgan fingerprint density at radius 3 is 2.80 bits per heavy atom. The number of carbonyl (C=O) groups is 1. The average Bonchev–Trinajstić information content (AvgIpc) is 2.97. The summed E-state index contributed by atoms with van der Waals surface area (Å²) in [6, 6.07) is 15.5. The van der Waals surface area contributed by atoms with E-state index >= 15 is 0 Å². The van der Waals surface area contributed by atoms with Gasteiger partial charge in [0.1, 0.15) is 5.75 Å². The molecule has 0 radical (unpaired) electrons. The predicted octanol–water partition coefficient (Wildman–Crippen LogP) is 4.04. The Bertz CT molecular complexity index is 997. The van der Waals surface area contributed by atoms with E-state index in [0.29, 0.717) is 11.3 Å². The molecule has 0 N–H and O–H groups in total. The maximum atomic E-state index is 12.2. The van der Waals surface area contributed by atoms with Crippen LogP contribution in [0.5, 0.6) is 5.75 Å². The zero-order valence-corrected chi connectivity index (χ0v) is 14.7. The van der Waals surface area contributed by atoms with Gasteiger partial charge in [0.05, 0.1) is 17.3 Å². The fraction of sp³-hybridized carbons (Fsp3) is 0.100. The Morgan fingerprint density at radius 2 is 2.08 bits per heavy atom. The summed E-state index contributed by atoms with van der Waals surface area (Å²) >= 11 is 1.46. The first-order valence-corrected chi connectivity index (χ1v) is 8.63. The number of aromatic nitrogens is 1. The lowest BCUT2D eigenvalue weighted by atomic mass is 10.2. The molecule has 0 aliphatic carbocycles. The zero-order chi connectivity index (χ0) is 17.6. The third-order valence-electron chi connectivity index (χ3n) is 3.63. The van der Waals surface area contributed by atoms with E-state index in [0.717, 1.165) is 21.5 Å². The highest BCUT2D eigenvalue weighted by molar-refractivity contribution is 7.16. The van der Waals surface area contributed by atoms with Crippen molar-refractivity contribution in [1.82, 2.24) is 4.57 Å². The lowest BCUT2D eigenvalue weighted by Gasteiger charge is -2.02. The molecule has 0 fully saturated rings. The standard InChI is InChI=1S/C20H18N2O2S/c1-3-13-22-17-11-10-16(24-2)14-18(17)25-20(22)21-19(23)12-9-15-7-5-4-6-8-15/h3-12,14H,1,13H2,2H3/b12-9+,21-20?. The number of ether oxygens (including phenoxy) is 1. The first kappa shape index (κ1) is 16.9. The molecule has 1 aromatic heterocycles. The number of amides is 1. The number of methoxy groups -OCH3 is 1. The summed E-state index contributed by atoms with van der Waals surface area (Å²) in [5.41, 5.74) is 1.97. The number of thiazole rings is 1. The number of rotatable bonds is 5. The van der Waals surface area contributed by atoms with Gasteiger partial charge in [-0.15, -0.1) is 6.58 Å². The molecular weight excluding hydrogens is 332 g/mol. The second kappa shape index (κ2) is 7.77. The van der Waals surface area contributed by atoms with Crippen molar-refractivity contribution in [3.63, 3.8) is 0 Å². The topological polar surface area (TPSA) is 43.6 Å². The molecule has 0 bridgehead atoms. The second-order valence-corrected chi connectivity index (χ2v) is 6.32. The van der Waals surface area contributed by atoms with Crippen LogP contribution >= 0.6 is 11.3 Å². The number of hydrogen-bond acceptors (Lipinski definition) is 3. The number of benzene rings is 2. The molecule has 126 valence electrons. The molecule has 25 heavy (non-hydrogen) atoms. The minimum atomic E-state index is -0.291. The van der Waals surface area contributed by atoms with Gasteiger partial charge in [-0.1, -0.05) is 47.7 Å². The van der Waals surface area contributed by atoms with Crippen molar-refractivity contribution in [2.75, 3.05) is 7.11 Å². The molecule has 4 nitrogen and oxygen atoms in total. The lowest BCUT2D eigenvalue weighted by Crippen LogP contribution is -2.15. The smallest absolute Gasteiger partial charge is 0.272 e. The van der Waals surface area contributed by atoms with Crippen molar-refractivity contribution in [2.45, 2.75) is 6.54 Å². The van der Waals surface area contributed by atoms with Crippen LogP contribution in [0.2, 0.25) is 0 Å². The van der Waals surface area contributed by atoms with Gasteiger partial charge < -0.3 is 9.30 Å². The van der Waals surface area contributed by atoms with E-state index in [9.17, 15) is 4.79 Å². The lowest BCUT2D eigenvalue weighted by molar-refractivity contribution is -0.113. The molecule has 0 aliphatic rings. The summed E-state index contributed by atoms with van der Waals surface area (Å²) in [4.78, 5) is 17.1. The Morgan fingerprint density at radius 1 is 1.28 bits per heavy atom. The number of fused-ring (bicyclic) bond motifs is 1. The fourth-order valence-corrected chi connectivity index (χ4v) is 3.51. The highest BCUT2D eigenvalue weighted by Crippen LogP contribution is 2.23. The maximum absolute atomic E-state index is 12.2. The Hall–Kier alpha value is -2.92. The summed E-state index contributed by atoms with van der Waals surface area (Å²) < 4.78 is 8.26. The van der Waals surface area contributed by atoms with Gasteiger partial charge in [-0.3, -0.25) is 4.79 Å². The number of hydrogen-bond donors (Lipinski definition) is 0. The Labute approximate surface area is 150 Å². The molecule has 0 aliphatic heterocycles. The van der Waals surface area contributed by atoms with Crippen LogP contribution in [0.4, 0.5) is 0 Å². The van der Waals surface area contributed by atoms with Crippen molar-refractivity contribution >= 4 is 33.5 Å². The molecule has 5 heteroatoms. The van der Waals surface area contributed by atoms with E-state index in [-0.39, 0.29) is 5.91 Å². The van der Waals surface area contributed by atoms with Crippen molar-refractivity contribution in [1.29, 1.82) is 0 Å². The van der Waals surface area contributed by atoms with Crippen LogP contribution in [-0.4, -0.2) is 17.6 Å².